The Morgan fingerprint density at radius 2 is 2.00 bits per heavy atom. The number of aryl methyl sites for hydroxylation is 1. The molecule has 1 aromatic rings. The molecule has 3 aliphatic rings. The van der Waals surface area contributed by atoms with E-state index in [2.05, 4.69) is 15.3 Å². The van der Waals surface area contributed by atoms with Crippen LogP contribution in [0.2, 0.25) is 5.15 Å². The predicted molar refractivity (Wildman–Crippen MR) is 60.2 cm³/mol. The molecule has 0 aromatic carbocycles. The average Bonchev–Trinajstić information content (AvgIpc) is 2.09. The second-order valence-electron chi connectivity index (χ2n) is 4.91. The van der Waals surface area contributed by atoms with E-state index in [4.69, 9.17) is 17.3 Å². The minimum absolute atomic E-state index is 0.146. The Morgan fingerprint density at radius 1 is 1.38 bits per heavy atom. The van der Waals surface area contributed by atoms with Crippen molar-refractivity contribution in [1.82, 2.24) is 9.97 Å². The Morgan fingerprint density at radius 3 is 2.56 bits per heavy atom. The van der Waals surface area contributed by atoms with Crippen molar-refractivity contribution in [2.75, 3.05) is 11.1 Å². The molecule has 0 amide bonds. The molecule has 86 valence electrons. The van der Waals surface area contributed by atoms with E-state index in [-0.39, 0.29) is 10.7 Å². The highest BCUT2D eigenvalue weighted by atomic mass is 35.5. The zero-order valence-corrected chi connectivity index (χ0v) is 9.60. The Kier molecular flexibility index (Phi) is 1.74. The summed E-state index contributed by atoms with van der Waals surface area (Å²) in [5, 5.41) is 3.44. The van der Waals surface area contributed by atoms with Crippen molar-refractivity contribution in [2.24, 2.45) is 0 Å². The van der Waals surface area contributed by atoms with Gasteiger partial charge in [0, 0.05) is 24.8 Å². The van der Waals surface area contributed by atoms with E-state index in [0.29, 0.717) is 36.6 Å². The fraction of sp³-hybridized carbons (Fsp3) is 0.600. The highest BCUT2D eigenvalue weighted by Gasteiger charge is 2.69. The normalized spacial score (nSPS) is 35.2. The largest absolute Gasteiger partial charge is 0.393 e. The lowest BCUT2D eigenvalue weighted by Crippen LogP contribution is -2.73. The predicted octanol–water partition coefficient (Wildman–Crippen LogP) is 2.08. The van der Waals surface area contributed by atoms with Crippen LogP contribution in [-0.4, -0.2) is 21.2 Å². The molecule has 3 aliphatic carbocycles. The Balaban J connectivity index is 1.85. The van der Waals surface area contributed by atoms with E-state index >= 15 is 0 Å². The van der Waals surface area contributed by atoms with Crippen molar-refractivity contribution < 1.29 is 4.39 Å². The lowest BCUT2D eigenvalue weighted by Gasteiger charge is -2.65. The van der Waals surface area contributed by atoms with Crippen LogP contribution in [0.3, 0.4) is 0 Å². The maximum absolute atomic E-state index is 13.3. The van der Waals surface area contributed by atoms with Gasteiger partial charge in [-0.05, 0) is 6.92 Å². The molecular weight excluding hydrogens is 231 g/mol. The molecule has 4 nitrogen and oxygen atoms in total. The van der Waals surface area contributed by atoms with E-state index < -0.39 is 5.67 Å². The van der Waals surface area contributed by atoms with Gasteiger partial charge in [-0.2, -0.15) is 0 Å². The fourth-order valence-corrected chi connectivity index (χ4v) is 2.90. The number of anilines is 2. The lowest BCUT2D eigenvalue weighted by molar-refractivity contribution is -0.136. The molecule has 0 spiro atoms. The van der Waals surface area contributed by atoms with Crippen LogP contribution in [0.5, 0.6) is 0 Å². The quantitative estimate of drug-likeness (QED) is 0.780. The van der Waals surface area contributed by atoms with Gasteiger partial charge >= 0.3 is 0 Å². The monoisotopic (exact) mass is 242 g/mol. The van der Waals surface area contributed by atoms with Crippen LogP contribution < -0.4 is 11.1 Å². The molecule has 3 saturated carbocycles. The van der Waals surface area contributed by atoms with E-state index in [1.807, 2.05) is 0 Å². The Hall–Kier alpha value is -1.10. The summed E-state index contributed by atoms with van der Waals surface area (Å²) in [4.78, 5) is 8.14. The highest BCUT2D eigenvalue weighted by Crippen LogP contribution is 2.64. The summed E-state index contributed by atoms with van der Waals surface area (Å²) in [6.07, 6.45) is 1.63. The Bertz CT molecular complexity index is 456. The highest BCUT2D eigenvalue weighted by molar-refractivity contribution is 6.32. The second kappa shape index (κ2) is 2.77. The summed E-state index contributed by atoms with van der Waals surface area (Å²) in [6, 6.07) is 0. The topological polar surface area (TPSA) is 63.8 Å². The first-order valence-electron chi connectivity index (χ1n) is 5.18. The van der Waals surface area contributed by atoms with Gasteiger partial charge in [0.25, 0.3) is 0 Å². The number of rotatable bonds is 2. The molecule has 0 unspecified atom stereocenters. The number of aromatic nitrogens is 2. The second-order valence-corrected chi connectivity index (χ2v) is 5.27. The lowest BCUT2D eigenvalue weighted by atomic mass is 9.47. The van der Waals surface area contributed by atoms with Gasteiger partial charge in [0.2, 0.25) is 0 Å². The van der Waals surface area contributed by atoms with E-state index in [1.54, 1.807) is 6.92 Å². The van der Waals surface area contributed by atoms with Crippen LogP contribution in [0.1, 0.15) is 25.1 Å². The van der Waals surface area contributed by atoms with Crippen molar-refractivity contribution in [3.63, 3.8) is 0 Å². The SMILES string of the molecule is Cc1nc(Cl)c(N)c(NC23CC(F)(C2)C3)n1. The molecule has 0 saturated heterocycles. The number of nitrogens with two attached hydrogens (primary N) is 1. The van der Waals surface area contributed by atoms with Gasteiger partial charge in [-0.1, -0.05) is 11.6 Å². The van der Waals surface area contributed by atoms with E-state index in [9.17, 15) is 4.39 Å². The van der Waals surface area contributed by atoms with Crippen LogP contribution >= 0.6 is 11.6 Å². The molecule has 0 radical (unpaired) electrons. The van der Waals surface area contributed by atoms with Gasteiger partial charge in [-0.15, -0.1) is 0 Å². The summed E-state index contributed by atoms with van der Waals surface area (Å²) in [5.74, 6) is 1.09. The molecule has 3 fully saturated rings. The zero-order chi connectivity index (χ0) is 11.6. The summed E-state index contributed by atoms with van der Waals surface area (Å²) >= 11 is 5.86. The van der Waals surface area contributed by atoms with Crippen molar-refractivity contribution in [3.8, 4) is 0 Å². The van der Waals surface area contributed by atoms with Gasteiger partial charge in [0.1, 0.15) is 17.2 Å². The van der Waals surface area contributed by atoms with Gasteiger partial charge in [0.15, 0.2) is 11.0 Å². The number of nitrogen functional groups attached to an aromatic ring is 1. The third kappa shape index (κ3) is 1.27. The maximum atomic E-state index is 13.3. The minimum Gasteiger partial charge on any atom is -0.393 e. The van der Waals surface area contributed by atoms with Gasteiger partial charge < -0.3 is 11.1 Å². The standard InChI is InChI=1S/C10H12ClFN4/c1-5-14-7(11)6(13)8(15-5)16-10-2-9(12,3-10)4-10/h2-4,13H2,1H3,(H,14,15,16). The maximum Gasteiger partial charge on any atom is 0.157 e. The summed E-state index contributed by atoms with van der Waals surface area (Å²) in [5.41, 5.74) is 5.03. The first kappa shape index (κ1) is 10.1. The molecule has 6 heteroatoms. The molecule has 4 rings (SSSR count). The van der Waals surface area contributed by atoms with Crippen molar-refractivity contribution in [3.05, 3.63) is 11.0 Å². The fourth-order valence-electron chi connectivity index (χ4n) is 2.69. The number of halogens is 2. The molecule has 0 aliphatic heterocycles. The third-order valence-electron chi connectivity index (χ3n) is 3.36. The van der Waals surface area contributed by atoms with Crippen LogP contribution in [-0.2, 0) is 0 Å². The first-order chi connectivity index (χ1) is 7.41. The number of nitrogens with zero attached hydrogens (tertiary/aromatic N) is 2. The van der Waals surface area contributed by atoms with Crippen molar-refractivity contribution in [1.29, 1.82) is 0 Å². The van der Waals surface area contributed by atoms with Gasteiger partial charge in [-0.25, -0.2) is 14.4 Å². The molecule has 1 heterocycles. The number of nitrogens with one attached hydrogen (secondary N) is 1. The number of hydrogen-bond acceptors (Lipinski definition) is 4. The van der Waals surface area contributed by atoms with Gasteiger partial charge in [0.05, 0.1) is 0 Å². The number of alkyl halides is 1. The van der Waals surface area contributed by atoms with E-state index in [1.165, 1.54) is 0 Å². The molecule has 16 heavy (non-hydrogen) atoms. The third-order valence-corrected chi connectivity index (χ3v) is 3.65. The van der Waals surface area contributed by atoms with E-state index in [0.717, 1.165) is 0 Å². The Labute approximate surface area is 97.4 Å². The summed E-state index contributed by atoms with van der Waals surface area (Å²) in [7, 11) is 0. The molecule has 3 N–H and O–H groups in total. The summed E-state index contributed by atoms with van der Waals surface area (Å²) in [6.45, 7) is 1.75. The smallest absolute Gasteiger partial charge is 0.157 e. The summed E-state index contributed by atoms with van der Waals surface area (Å²) < 4.78 is 13.3. The van der Waals surface area contributed by atoms with Crippen LogP contribution in [0, 0.1) is 6.92 Å². The molecule has 0 atom stereocenters. The van der Waals surface area contributed by atoms with Crippen LogP contribution in [0.4, 0.5) is 15.9 Å². The van der Waals surface area contributed by atoms with Crippen molar-refractivity contribution >= 4 is 23.1 Å². The van der Waals surface area contributed by atoms with Crippen LogP contribution in [0.15, 0.2) is 0 Å². The first-order valence-corrected chi connectivity index (χ1v) is 5.56. The number of hydrogen-bond donors (Lipinski definition) is 2. The zero-order valence-electron chi connectivity index (χ0n) is 8.85. The van der Waals surface area contributed by atoms with Crippen molar-refractivity contribution in [2.45, 2.75) is 37.4 Å². The average molecular weight is 243 g/mol. The molecule has 1 aromatic heterocycles. The molecular formula is C10H12ClFN4. The molecule has 2 bridgehead atoms. The van der Waals surface area contributed by atoms with Crippen LogP contribution in [0.25, 0.3) is 0 Å². The van der Waals surface area contributed by atoms with Gasteiger partial charge in [-0.3, -0.25) is 0 Å². The minimum atomic E-state index is -0.937.